The zero-order valence-corrected chi connectivity index (χ0v) is 37.3. The van der Waals surface area contributed by atoms with Gasteiger partial charge in [-0.1, -0.05) is 182 Å². The van der Waals surface area contributed by atoms with Crippen LogP contribution in [0.15, 0.2) is 182 Å². The Bertz CT molecular complexity index is 2220. The van der Waals surface area contributed by atoms with Gasteiger partial charge in [0.15, 0.2) is 12.6 Å². The quantitative estimate of drug-likeness (QED) is 0.0668. The maximum atomic E-state index is 12.2. The molecule has 0 spiro atoms. The lowest BCUT2D eigenvalue weighted by Gasteiger charge is -2.49. The van der Waals surface area contributed by atoms with E-state index in [-0.39, 0.29) is 39.6 Å². The summed E-state index contributed by atoms with van der Waals surface area (Å²) in [6, 6.07) is 59.4. The van der Waals surface area contributed by atoms with E-state index in [1.165, 1.54) is 0 Å². The second-order valence-corrected chi connectivity index (χ2v) is 16.5. The molecular formula is C55H60O11. The van der Waals surface area contributed by atoms with Crippen LogP contribution in [0.4, 0.5) is 0 Å². The molecule has 11 heteroatoms. The van der Waals surface area contributed by atoms with Crippen LogP contribution in [0, 0.1) is 0 Å². The molecule has 2 heterocycles. The molecule has 2 aliphatic rings. The van der Waals surface area contributed by atoms with E-state index in [0.717, 1.165) is 33.4 Å². The summed E-state index contributed by atoms with van der Waals surface area (Å²) in [5.74, 6) is 0. The maximum Gasteiger partial charge on any atom is 0.187 e. The molecule has 2 aliphatic heterocycles. The van der Waals surface area contributed by atoms with Gasteiger partial charge in [-0.3, -0.25) is 0 Å². The highest BCUT2D eigenvalue weighted by atomic mass is 16.8. The molecule has 0 radical (unpaired) electrons. The Labute approximate surface area is 388 Å². The van der Waals surface area contributed by atoms with Crippen LogP contribution in [0.5, 0.6) is 0 Å². The van der Waals surface area contributed by atoms with E-state index in [1.54, 1.807) is 7.11 Å². The third kappa shape index (κ3) is 13.5. The standard InChI is InChI=1S/C55H60O11/c1-57-54-53(63-37-45-30-18-7-19-31-45)51(61-35-43-26-14-5-15-27-43)49(47(65-54)39-59-33-41-22-10-3-11-23-41)66-55-52(62-36-44-28-16-6-17-29-44)50(60-34-42-24-12-4-13-25-42)48(56)46(64-55)38-58-32-40-20-8-2-9-21-40/h2-31,46-56H,32-39H2,1H3/t46-,47-,48-,49-,50+,51+,52+,53+,54+,55+/m1/s1. The third-order valence-corrected chi connectivity index (χ3v) is 11.7. The van der Waals surface area contributed by atoms with Crippen molar-refractivity contribution in [3.63, 3.8) is 0 Å². The fourth-order valence-electron chi connectivity index (χ4n) is 8.19. The third-order valence-electron chi connectivity index (χ3n) is 11.7. The highest BCUT2D eigenvalue weighted by Crippen LogP contribution is 2.36. The first-order chi connectivity index (χ1) is 32.6. The summed E-state index contributed by atoms with van der Waals surface area (Å²) in [6.07, 6.45) is -9.11. The molecule has 0 bridgehead atoms. The summed E-state index contributed by atoms with van der Waals surface area (Å²) in [5, 5.41) is 12.2. The number of benzene rings is 6. The molecule has 6 aromatic carbocycles. The van der Waals surface area contributed by atoms with Gasteiger partial charge in [0.05, 0.1) is 52.9 Å². The molecule has 0 amide bonds. The van der Waals surface area contributed by atoms with Crippen molar-refractivity contribution in [1.29, 1.82) is 0 Å². The Balaban J connectivity index is 1.15. The zero-order chi connectivity index (χ0) is 45.2. The minimum atomic E-state index is -1.16. The first-order valence-electron chi connectivity index (χ1n) is 22.6. The van der Waals surface area contributed by atoms with Crippen molar-refractivity contribution < 1.29 is 52.5 Å². The number of ether oxygens (including phenoxy) is 10. The molecule has 1 N–H and O–H groups in total. The highest BCUT2D eigenvalue weighted by Gasteiger charge is 2.54. The fraction of sp³-hybridized carbons (Fsp3) is 0.345. The van der Waals surface area contributed by atoms with Crippen molar-refractivity contribution in [2.24, 2.45) is 0 Å². The van der Waals surface area contributed by atoms with Gasteiger partial charge in [-0.25, -0.2) is 0 Å². The molecule has 8 rings (SSSR count). The fourth-order valence-corrected chi connectivity index (χ4v) is 8.19. The number of aliphatic hydroxyl groups excluding tert-OH is 1. The van der Waals surface area contributed by atoms with E-state index >= 15 is 0 Å². The second kappa shape index (κ2) is 25.1. The van der Waals surface area contributed by atoms with Crippen LogP contribution in [0.3, 0.4) is 0 Å². The molecule has 2 saturated heterocycles. The van der Waals surface area contributed by atoms with Crippen LogP contribution in [-0.2, 0) is 87.0 Å². The summed E-state index contributed by atoms with van der Waals surface area (Å²) >= 11 is 0. The smallest absolute Gasteiger partial charge is 0.187 e. The highest BCUT2D eigenvalue weighted by molar-refractivity contribution is 5.18. The molecule has 10 atom stereocenters. The molecule has 0 aliphatic carbocycles. The minimum absolute atomic E-state index is 0.0415. The zero-order valence-electron chi connectivity index (χ0n) is 37.3. The molecule has 2 fully saturated rings. The largest absolute Gasteiger partial charge is 0.387 e. The van der Waals surface area contributed by atoms with Gasteiger partial charge in [-0.05, 0) is 33.4 Å². The van der Waals surface area contributed by atoms with Crippen LogP contribution in [0.1, 0.15) is 33.4 Å². The van der Waals surface area contributed by atoms with Gasteiger partial charge < -0.3 is 52.5 Å². The molecular weight excluding hydrogens is 837 g/mol. The molecule has 0 aromatic heterocycles. The van der Waals surface area contributed by atoms with Gasteiger partial charge in [0.2, 0.25) is 0 Å². The lowest BCUT2D eigenvalue weighted by molar-refractivity contribution is -0.373. The van der Waals surface area contributed by atoms with Crippen molar-refractivity contribution in [3.05, 3.63) is 215 Å². The predicted octanol–water partition coefficient (Wildman–Crippen LogP) is 8.60. The molecule has 0 unspecified atom stereocenters. The van der Waals surface area contributed by atoms with Crippen LogP contribution in [-0.4, -0.2) is 86.8 Å². The van der Waals surface area contributed by atoms with Crippen LogP contribution < -0.4 is 0 Å². The second-order valence-electron chi connectivity index (χ2n) is 16.5. The van der Waals surface area contributed by atoms with Gasteiger partial charge in [-0.2, -0.15) is 0 Å². The van der Waals surface area contributed by atoms with Gasteiger partial charge in [0, 0.05) is 7.11 Å². The summed E-state index contributed by atoms with van der Waals surface area (Å²) < 4.78 is 66.8. The summed E-state index contributed by atoms with van der Waals surface area (Å²) in [6.45, 7) is 1.68. The summed E-state index contributed by atoms with van der Waals surface area (Å²) in [5.41, 5.74) is 5.78. The molecule has 11 nitrogen and oxygen atoms in total. The Morgan fingerprint density at radius 3 is 1.08 bits per heavy atom. The van der Waals surface area contributed by atoms with Crippen molar-refractivity contribution >= 4 is 0 Å². The first-order valence-corrected chi connectivity index (χ1v) is 22.6. The molecule has 66 heavy (non-hydrogen) atoms. The molecule has 6 aromatic rings. The van der Waals surface area contributed by atoms with E-state index < -0.39 is 61.4 Å². The van der Waals surface area contributed by atoms with Crippen LogP contribution in [0.25, 0.3) is 0 Å². The van der Waals surface area contributed by atoms with Crippen LogP contribution in [0.2, 0.25) is 0 Å². The Morgan fingerprint density at radius 2 is 0.682 bits per heavy atom. The number of methoxy groups -OCH3 is 1. The number of hydrogen-bond acceptors (Lipinski definition) is 11. The summed E-state index contributed by atoms with van der Waals surface area (Å²) in [4.78, 5) is 0. The van der Waals surface area contributed by atoms with Crippen molar-refractivity contribution in [3.8, 4) is 0 Å². The van der Waals surface area contributed by atoms with Crippen molar-refractivity contribution in [2.75, 3.05) is 20.3 Å². The van der Waals surface area contributed by atoms with E-state index in [9.17, 15) is 5.11 Å². The Hall–Kier alpha value is -5.12. The van der Waals surface area contributed by atoms with Crippen LogP contribution >= 0.6 is 0 Å². The van der Waals surface area contributed by atoms with Crippen molar-refractivity contribution in [1.82, 2.24) is 0 Å². The average Bonchev–Trinajstić information content (AvgIpc) is 3.37. The summed E-state index contributed by atoms with van der Waals surface area (Å²) in [7, 11) is 1.59. The SMILES string of the molecule is CO[C@H]1O[C@H](COCc2ccccc2)[C@@H](O[C@@H]2O[C@H](COCc3ccccc3)[C@@H](O)[C@H](OCc3ccccc3)[C@@H]2OCc2ccccc2)[C@H](OCc2ccccc2)[C@@H]1OCc1ccccc1. The Morgan fingerprint density at radius 1 is 0.364 bits per heavy atom. The molecule has 0 saturated carbocycles. The van der Waals surface area contributed by atoms with E-state index in [2.05, 4.69) is 0 Å². The topological polar surface area (TPSA) is 113 Å². The normalized spacial score (nSPS) is 25.4. The number of hydrogen-bond donors (Lipinski definition) is 1. The van der Waals surface area contributed by atoms with Gasteiger partial charge in [0.1, 0.15) is 48.8 Å². The average molecular weight is 897 g/mol. The molecule has 346 valence electrons. The Kier molecular flexibility index (Phi) is 18.0. The van der Waals surface area contributed by atoms with Gasteiger partial charge in [-0.15, -0.1) is 0 Å². The lowest BCUT2D eigenvalue weighted by Crippen LogP contribution is -2.66. The number of aliphatic hydroxyl groups is 1. The van der Waals surface area contributed by atoms with E-state index in [0.29, 0.717) is 13.2 Å². The monoisotopic (exact) mass is 896 g/mol. The lowest BCUT2D eigenvalue weighted by atomic mass is 9.96. The van der Waals surface area contributed by atoms with E-state index in [4.69, 9.17) is 47.4 Å². The maximum absolute atomic E-state index is 12.2. The number of rotatable bonds is 23. The first kappa shape index (κ1) is 47.4. The predicted molar refractivity (Wildman–Crippen MR) is 247 cm³/mol. The van der Waals surface area contributed by atoms with Gasteiger partial charge >= 0.3 is 0 Å². The van der Waals surface area contributed by atoms with Crippen molar-refractivity contribution in [2.45, 2.75) is 101 Å². The minimum Gasteiger partial charge on any atom is -0.387 e. The van der Waals surface area contributed by atoms with Gasteiger partial charge in [0.25, 0.3) is 0 Å². The van der Waals surface area contributed by atoms with E-state index in [1.807, 2.05) is 182 Å².